The molecular formula is C40H56N2O. The van der Waals surface area contributed by atoms with Crippen molar-refractivity contribution in [1.29, 1.82) is 0 Å². The van der Waals surface area contributed by atoms with Crippen molar-refractivity contribution in [3.63, 3.8) is 0 Å². The van der Waals surface area contributed by atoms with Crippen LogP contribution in [0.4, 0.5) is 0 Å². The average molecular weight is 581 g/mol. The van der Waals surface area contributed by atoms with Crippen molar-refractivity contribution in [2.24, 2.45) is 4.99 Å². The predicted molar refractivity (Wildman–Crippen MR) is 192 cm³/mol. The lowest BCUT2D eigenvalue weighted by atomic mass is 9.97. The Kier molecular flexibility index (Phi) is 25.5. The number of carbonyl (C=O) groups excluding carboxylic acids is 1. The van der Waals surface area contributed by atoms with Gasteiger partial charge in [-0.1, -0.05) is 152 Å². The van der Waals surface area contributed by atoms with Crippen LogP contribution in [0.25, 0.3) is 0 Å². The Balaban J connectivity index is 0. The van der Waals surface area contributed by atoms with Crippen LogP contribution in [0.3, 0.4) is 0 Å². The molecule has 3 aromatic rings. The molecule has 0 unspecified atom stereocenters. The van der Waals surface area contributed by atoms with Gasteiger partial charge in [-0.3, -0.25) is 4.79 Å². The van der Waals surface area contributed by atoms with Crippen molar-refractivity contribution in [3.8, 4) is 12.8 Å². The molecule has 3 aromatic carbocycles. The molecule has 0 aliphatic carbocycles. The first-order chi connectivity index (χ1) is 21.0. The highest BCUT2D eigenvalue weighted by Crippen LogP contribution is 2.28. The largest absolute Gasteiger partial charge is 0.352 e. The highest BCUT2D eigenvalue weighted by atomic mass is 16.1. The molecule has 0 aliphatic rings. The van der Waals surface area contributed by atoms with E-state index < -0.39 is 0 Å². The van der Waals surface area contributed by atoms with Gasteiger partial charge in [0.25, 0.3) is 0 Å². The van der Waals surface area contributed by atoms with Crippen LogP contribution in [0.15, 0.2) is 114 Å². The number of rotatable bonds is 10. The van der Waals surface area contributed by atoms with Crippen molar-refractivity contribution >= 4 is 12.1 Å². The minimum absolute atomic E-state index is 0.132. The number of hydrogen-bond acceptors (Lipinski definition) is 2. The lowest BCUT2D eigenvalue weighted by Gasteiger charge is -2.31. The van der Waals surface area contributed by atoms with Gasteiger partial charge in [-0.25, -0.2) is 4.99 Å². The van der Waals surface area contributed by atoms with E-state index in [1.807, 2.05) is 58.0 Å². The van der Waals surface area contributed by atoms with Gasteiger partial charge in [0.15, 0.2) is 0 Å². The van der Waals surface area contributed by atoms with E-state index >= 15 is 0 Å². The summed E-state index contributed by atoms with van der Waals surface area (Å²) in [7, 11) is 2.13. The van der Waals surface area contributed by atoms with Crippen LogP contribution in [-0.4, -0.2) is 24.1 Å². The molecule has 232 valence electrons. The van der Waals surface area contributed by atoms with Gasteiger partial charge in [-0.05, 0) is 48.4 Å². The second kappa shape index (κ2) is 26.7. The predicted octanol–water partition coefficient (Wildman–Crippen LogP) is 11.1. The first-order valence-electron chi connectivity index (χ1n) is 15.6. The summed E-state index contributed by atoms with van der Waals surface area (Å²) in [5.74, 6) is 1.02. The molecule has 0 saturated carbocycles. The maximum atomic E-state index is 10.2. The minimum atomic E-state index is 0.132. The third-order valence-electron chi connectivity index (χ3n) is 6.43. The third kappa shape index (κ3) is 15.0. The smallest absolute Gasteiger partial charge is 0.150 e. The van der Waals surface area contributed by atoms with Crippen LogP contribution in [0.1, 0.15) is 108 Å². The van der Waals surface area contributed by atoms with Crippen LogP contribution in [0, 0.1) is 12.8 Å². The van der Waals surface area contributed by atoms with Gasteiger partial charge in [-0.15, -0.1) is 12.8 Å². The van der Waals surface area contributed by atoms with E-state index in [0.29, 0.717) is 0 Å². The molecule has 0 bridgehead atoms. The summed E-state index contributed by atoms with van der Waals surface area (Å²) in [4.78, 5) is 17.5. The first kappa shape index (κ1) is 41.0. The molecule has 0 spiro atoms. The molecule has 0 amide bonds. The minimum Gasteiger partial charge on any atom is -0.352 e. The third-order valence-corrected chi connectivity index (χ3v) is 6.43. The van der Waals surface area contributed by atoms with Gasteiger partial charge in [0, 0.05) is 18.3 Å². The molecule has 0 aliphatic heterocycles. The molecule has 3 nitrogen and oxygen atoms in total. The quantitative estimate of drug-likeness (QED) is 0.0785. The number of benzene rings is 3. The molecule has 0 radical (unpaired) electrons. The molecule has 0 N–H and O–H groups in total. The summed E-state index contributed by atoms with van der Waals surface area (Å²) in [5.41, 5.74) is 6.94. The fourth-order valence-corrected chi connectivity index (χ4v) is 4.19. The summed E-state index contributed by atoms with van der Waals surface area (Å²) in [6.07, 6.45) is 14.8. The van der Waals surface area contributed by atoms with E-state index in [-0.39, 0.29) is 6.04 Å². The van der Waals surface area contributed by atoms with Crippen LogP contribution < -0.4 is 0 Å². The highest BCUT2D eigenvalue weighted by molar-refractivity contribution is 5.81. The number of aldehydes is 1. The number of hydrogen-bond donors (Lipinski definition) is 0. The lowest BCUT2D eigenvalue weighted by molar-refractivity contribution is 0.112. The molecule has 0 atom stereocenters. The van der Waals surface area contributed by atoms with Crippen molar-refractivity contribution < 1.29 is 4.79 Å². The molecule has 0 saturated heterocycles. The molecule has 0 heterocycles. The number of aliphatic imine (C=N–C) groups is 1. The van der Waals surface area contributed by atoms with E-state index in [2.05, 4.69) is 120 Å². The number of allylic oxidation sites excluding steroid dienone is 3. The highest BCUT2D eigenvalue weighted by Gasteiger charge is 2.20. The number of aryl methyl sites for hydroxylation is 1. The molecule has 3 rings (SSSR count). The van der Waals surface area contributed by atoms with Gasteiger partial charge >= 0.3 is 0 Å². The fraction of sp³-hybridized carbons (Fsp3) is 0.350. The van der Waals surface area contributed by atoms with E-state index in [0.717, 1.165) is 49.1 Å². The summed E-state index contributed by atoms with van der Waals surface area (Å²) in [6, 6.07) is 29.0. The number of carbonyl (C=O) groups is 1. The Morgan fingerprint density at radius 1 is 0.837 bits per heavy atom. The van der Waals surface area contributed by atoms with Crippen molar-refractivity contribution in [2.75, 3.05) is 7.05 Å². The summed E-state index contributed by atoms with van der Waals surface area (Å²) in [5, 5.41) is 0. The van der Waals surface area contributed by atoms with Gasteiger partial charge in [0.05, 0.1) is 6.04 Å². The zero-order valence-corrected chi connectivity index (χ0v) is 28.3. The van der Waals surface area contributed by atoms with E-state index in [1.54, 1.807) is 0 Å². The number of nitrogens with zero attached hydrogens (tertiary/aromatic N) is 2. The van der Waals surface area contributed by atoms with Crippen molar-refractivity contribution in [3.05, 3.63) is 131 Å². The van der Waals surface area contributed by atoms with Gasteiger partial charge < -0.3 is 4.90 Å². The summed E-state index contributed by atoms with van der Waals surface area (Å²) in [6.45, 7) is 20.5. The van der Waals surface area contributed by atoms with Crippen LogP contribution >= 0.6 is 0 Å². The van der Waals surface area contributed by atoms with Crippen molar-refractivity contribution in [1.82, 2.24) is 4.90 Å². The SMILES string of the molecule is C#C.C=C/C(CC)=C(/CCC)N=C(C)N(C)C(c1ccccc1)c1ccccc1.CC.CC.CCc1ccc(C=O)cc1. The number of terminal acetylenes is 1. The zero-order valence-electron chi connectivity index (χ0n) is 28.3. The van der Waals surface area contributed by atoms with Gasteiger partial charge in [0.1, 0.15) is 12.1 Å². The maximum absolute atomic E-state index is 10.2. The molecule has 43 heavy (non-hydrogen) atoms. The monoisotopic (exact) mass is 580 g/mol. The average Bonchev–Trinajstić information content (AvgIpc) is 3.09. The topological polar surface area (TPSA) is 32.7 Å². The summed E-state index contributed by atoms with van der Waals surface area (Å²) < 4.78 is 0. The number of amidine groups is 1. The normalized spacial score (nSPS) is 10.5. The van der Waals surface area contributed by atoms with Crippen LogP contribution in [0.5, 0.6) is 0 Å². The fourth-order valence-electron chi connectivity index (χ4n) is 4.19. The lowest BCUT2D eigenvalue weighted by Crippen LogP contribution is -2.30. The Labute approximate surface area is 264 Å². The zero-order chi connectivity index (χ0) is 33.0. The van der Waals surface area contributed by atoms with E-state index in [1.165, 1.54) is 22.3 Å². The Morgan fingerprint density at radius 3 is 1.65 bits per heavy atom. The standard InChI is InChI=1S/C25H32N2.C9H10O.2C2H6.C2H2/c1-6-15-24(21(7-2)8-3)26-20(4)27(5)25(22-16-11-9-12-17-22)23-18-13-10-14-19-23;1-2-8-3-5-9(7-10)6-4-8;3*1-2/h7,9-14,16-19,25H,2,6,8,15H2,1,3-5H3;3-7H,2H2,1H3;2*1-2H3;1-2H/b24-21+,26-20?;;;;. The molecule has 0 aromatic heterocycles. The van der Waals surface area contributed by atoms with Gasteiger partial charge in [0.2, 0.25) is 0 Å². The second-order valence-corrected chi connectivity index (χ2v) is 8.99. The summed E-state index contributed by atoms with van der Waals surface area (Å²) >= 11 is 0. The second-order valence-electron chi connectivity index (χ2n) is 8.99. The Bertz CT molecular complexity index is 1150. The Hall–Kier alpha value is -4.16. The maximum Gasteiger partial charge on any atom is 0.150 e. The molecular weight excluding hydrogens is 524 g/mol. The van der Waals surface area contributed by atoms with Crippen LogP contribution in [0.2, 0.25) is 0 Å². The first-order valence-corrected chi connectivity index (χ1v) is 15.6. The van der Waals surface area contributed by atoms with E-state index in [4.69, 9.17) is 4.99 Å². The van der Waals surface area contributed by atoms with Crippen molar-refractivity contribution in [2.45, 2.75) is 87.1 Å². The Morgan fingerprint density at radius 2 is 1.30 bits per heavy atom. The molecule has 3 heteroatoms. The van der Waals surface area contributed by atoms with E-state index in [9.17, 15) is 4.79 Å². The molecule has 0 fully saturated rings. The van der Waals surface area contributed by atoms with Crippen LogP contribution in [-0.2, 0) is 6.42 Å². The van der Waals surface area contributed by atoms with Gasteiger partial charge in [-0.2, -0.15) is 0 Å².